The van der Waals surface area contributed by atoms with E-state index in [0.717, 1.165) is 31.7 Å². The molecule has 2 rings (SSSR count). The monoisotopic (exact) mass is 248 g/mol. The molecule has 4 nitrogen and oxygen atoms in total. The Kier molecular flexibility index (Phi) is 4.73. The van der Waals surface area contributed by atoms with E-state index in [1.54, 1.807) is 12.4 Å². The van der Waals surface area contributed by atoms with Crippen LogP contribution >= 0.6 is 24.0 Å². The Morgan fingerprint density at radius 2 is 2.20 bits per heavy atom. The molecule has 0 aliphatic carbocycles. The van der Waals surface area contributed by atoms with Gasteiger partial charge >= 0.3 is 0 Å². The number of hydrogen-bond donors (Lipinski definition) is 1. The Morgan fingerprint density at radius 1 is 1.47 bits per heavy atom. The van der Waals surface area contributed by atoms with Crippen LogP contribution in [0, 0.1) is 0 Å². The summed E-state index contributed by atoms with van der Waals surface area (Å²) in [4.78, 5) is 10.4. The number of likely N-dealkylation sites (tertiary alicyclic amines) is 1. The summed E-state index contributed by atoms with van der Waals surface area (Å²) in [7, 11) is 0. The highest BCUT2D eigenvalue weighted by Gasteiger charge is 2.20. The zero-order chi connectivity index (χ0) is 9.97. The van der Waals surface area contributed by atoms with Gasteiger partial charge in [0.15, 0.2) is 5.15 Å². The predicted octanol–water partition coefficient (Wildman–Crippen LogP) is 1.08. The average molecular weight is 249 g/mol. The molecule has 0 spiro atoms. The Hall–Kier alpha value is -0.420. The zero-order valence-corrected chi connectivity index (χ0v) is 9.84. The van der Waals surface area contributed by atoms with Crippen molar-refractivity contribution in [2.75, 3.05) is 13.1 Å². The third kappa shape index (κ3) is 3.28. The highest BCUT2D eigenvalue weighted by molar-refractivity contribution is 6.29. The normalized spacial score (nSPS) is 21.3. The van der Waals surface area contributed by atoms with Crippen LogP contribution in [0.3, 0.4) is 0 Å². The maximum Gasteiger partial charge on any atom is 0.151 e. The van der Waals surface area contributed by atoms with Gasteiger partial charge in [-0.05, 0) is 6.42 Å². The molecule has 84 valence electrons. The molecular weight excluding hydrogens is 235 g/mol. The largest absolute Gasteiger partial charge is 0.326 e. The lowest BCUT2D eigenvalue weighted by Gasteiger charge is -2.14. The minimum Gasteiger partial charge on any atom is -0.326 e. The van der Waals surface area contributed by atoms with Gasteiger partial charge in [0.05, 0.1) is 5.69 Å². The Labute approximate surface area is 100 Å². The highest BCUT2D eigenvalue weighted by Crippen LogP contribution is 2.15. The van der Waals surface area contributed by atoms with E-state index in [1.165, 1.54) is 0 Å². The second-order valence-electron chi connectivity index (χ2n) is 3.58. The fourth-order valence-corrected chi connectivity index (χ4v) is 1.84. The topological polar surface area (TPSA) is 55.0 Å². The lowest BCUT2D eigenvalue weighted by Crippen LogP contribution is -2.26. The first-order valence-electron chi connectivity index (χ1n) is 4.69. The van der Waals surface area contributed by atoms with Crippen molar-refractivity contribution in [1.82, 2.24) is 14.9 Å². The summed E-state index contributed by atoms with van der Waals surface area (Å²) >= 11 is 5.91. The van der Waals surface area contributed by atoms with E-state index in [2.05, 4.69) is 14.9 Å². The van der Waals surface area contributed by atoms with Gasteiger partial charge in [0.25, 0.3) is 0 Å². The van der Waals surface area contributed by atoms with Crippen LogP contribution in [0.5, 0.6) is 0 Å². The maximum atomic E-state index is 5.91. The van der Waals surface area contributed by atoms with Crippen LogP contribution in [0.25, 0.3) is 0 Å². The second-order valence-corrected chi connectivity index (χ2v) is 3.94. The van der Waals surface area contributed by atoms with Crippen LogP contribution in [0.15, 0.2) is 12.4 Å². The molecule has 1 aliphatic heterocycles. The first-order chi connectivity index (χ1) is 6.75. The van der Waals surface area contributed by atoms with Crippen molar-refractivity contribution in [3.05, 3.63) is 23.2 Å². The van der Waals surface area contributed by atoms with E-state index in [-0.39, 0.29) is 12.4 Å². The summed E-state index contributed by atoms with van der Waals surface area (Å²) in [5, 5.41) is 0.493. The van der Waals surface area contributed by atoms with Gasteiger partial charge in [-0.15, -0.1) is 12.4 Å². The zero-order valence-electron chi connectivity index (χ0n) is 8.27. The molecule has 2 N–H and O–H groups in total. The Balaban J connectivity index is 0.00000112. The molecule has 1 aromatic rings. The number of rotatable bonds is 2. The van der Waals surface area contributed by atoms with E-state index < -0.39 is 0 Å². The summed E-state index contributed by atoms with van der Waals surface area (Å²) in [6.45, 7) is 2.70. The van der Waals surface area contributed by atoms with E-state index in [0.29, 0.717) is 11.2 Å². The average Bonchev–Trinajstić information content (AvgIpc) is 2.56. The summed E-state index contributed by atoms with van der Waals surface area (Å²) in [5.74, 6) is 0. The second kappa shape index (κ2) is 5.61. The van der Waals surface area contributed by atoms with Crippen molar-refractivity contribution >= 4 is 24.0 Å². The van der Waals surface area contributed by atoms with Crippen molar-refractivity contribution in [1.29, 1.82) is 0 Å². The fraction of sp³-hybridized carbons (Fsp3) is 0.556. The molecule has 0 aromatic carbocycles. The van der Waals surface area contributed by atoms with E-state index in [9.17, 15) is 0 Å². The molecule has 0 saturated carbocycles. The number of nitrogens with zero attached hydrogens (tertiary/aromatic N) is 3. The van der Waals surface area contributed by atoms with Crippen LogP contribution in [0.1, 0.15) is 12.1 Å². The molecule has 0 amide bonds. The van der Waals surface area contributed by atoms with Crippen LogP contribution in [0.4, 0.5) is 0 Å². The lowest BCUT2D eigenvalue weighted by molar-refractivity contribution is 0.322. The van der Waals surface area contributed by atoms with Gasteiger partial charge in [-0.3, -0.25) is 9.88 Å². The molecule has 1 saturated heterocycles. The molecule has 0 radical (unpaired) electrons. The molecule has 0 bridgehead atoms. The molecular formula is C9H14Cl2N4. The molecule has 1 aliphatic rings. The number of halogens is 2. The van der Waals surface area contributed by atoms with E-state index in [4.69, 9.17) is 17.3 Å². The summed E-state index contributed by atoms with van der Waals surface area (Å²) in [6.07, 6.45) is 4.32. The summed E-state index contributed by atoms with van der Waals surface area (Å²) in [6, 6.07) is 0.297. The number of hydrogen-bond acceptors (Lipinski definition) is 4. The quantitative estimate of drug-likeness (QED) is 0.852. The Bertz CT molecular complexity index is 321. The molecule has 1 unspecified atom stereocenters. The minimum atomic E-state index is 0. The van der Waals surface area contributed by atoms with E-state index >= 15 is 0 Å². The van der Waals surface area contributed by atoms with Crippen LogP contribution < -0.4 is 5.73 Å². The van der Waals surface area contributed by atoms with Gasteiger partial charge in [-0.1, -0.05) is 11.6 Å². The van der Waals surface area contributed by atoms with Crippen molar-refractivity contribution in [3.8, 4) is 0 Å². The van der Waals surface area contributed by atoms with Crippen LogP contribution in [0.2, 0.25) is 5.15 Å². The lowest BCUT2D eigenvalue weighted by atomic mass is 10.3. The van der Waals surface area contributed by atoms with Crippen molar-refractivity contribution in [2.45, 2.75) is 19.0 Å². The van der Waals surface area contributed by atoms with Crippen molar-refractivity contribution in [2.24, 2.45) is 5.73 Å². The standard InChI is InChI=1S/C9H13ClN4.ClH/c10-9-8(12-2-3-13-9)6-14-4-1-7(11)5-14;/h2-3,7H,1,4-6,11H2;1H. The van der Waals surface area contributed by atoms with Gasteiger partial charge < -0.3 is 5.73 Å². The van der Waals surface area contributed by atoms with Crippen LogP contribution in [-0.4, -0.2) is 34.0 Å². The molecule has 1 aromatic heterocycles. The van der Waals surface area contributed by atoms with Gasteiger partial charge in [0.1, 0.15) is 0 Å². The maximum absolute atomic E-state index is 5.91. The van der Waals surface area contributed by atoms with Crippen molar-refractivity contribution in [3.63, 3.8) is 0 Å². The number of aromatic nitrogens is 2. The molecule has 2 heterocycles. The van der Waals surface area contributed by atoms with Crippen LogP contribution in [-0.2, 0) is 6.54 Å². The third-order valence-corrected chi connectivity index (χ3v) is 2.72. The minimum absolute atomic E-state index is 0. The smallest absolute Gasteiger partial charge is 0.151 e. The fourth-order valence-electron chi connectivity index (χ4n) is 1.67. The van der Waals surface area contributed by atoms with E-state index in [1.807, 2.05) is 0 Å². The molecule has 15 heavy (non-hydrogen) atoms. The van der Waals surface area contributed by atoms with Gasteiger partial charge in [0.2, 0.25) is 0 Å². The summed E-state index contributed by atoms with van der Waals surface area (Å²) in [5.41, 5.74) is 6.64. The van der Waals surface area contributed by atoms with Crippen molar-refractivity contribution < 1.29 is 0 Å². The first kappa shape index (κ1) is 12.6. The SMILES string of the molecule is Cl.NC1CCN(Cc2nccnc2Cl)C1. The molecule has 1 fully saturated rings. The third-order valence-electron chi connectivity index (χ3n) is 2.41. The molecule has 1 atom stereocenters. The summed E-state index contributed by atoms with van der Waals surface area (Å²) < 4.78 is 0. The van der Waals surface area contributed by atoms with Gasteiger partial charge in [-0.25, -0.2) is 4.98 Å². The Morgan fingerprint density at radius 3 is 2.80 bits per heavy atom. The number of nitrogens with two attached hydrogens (primary N) is 1. The van der Waals surface area contributed by atoms with Gasteiger partial charge in [-0.2, -0.15) is 0 Å². The molecule has 6 heteroatoms. The van der Waals surface area contributed by atoms with Gasteiger partial charge in [0, 0.05) is 38.1 Å². The predicted molar refractivity (Wildman–Crippen MR) is 62.2 cm³/mol. The highest BCUT2D eigenvalue weighted by atomic mass is 35.5. The first-order valence-corrected chi connectivity index (χ1v) is 5.07.